The predicted octanol–water partition coefficient (Wildman–Crippen LogP) is 11.1. The average Bonchev–Trinajstić information content (AvgIpc) is 3.66. The molecule has 0 spiro atoms. The van der Waals surface area contributed by atoms with E-state index in [9.17, 15) is 4.79 Å². The summed E-state index contributed by atoms with van der Waals surface area (Å²) in [7, 11) is 0. The summed E-state index contributed by atoms with van der Waals surface area (Å²) in [6, 6.07) is 56.7. The largest absolute Gasteiger partial charge is 0.309 e. The number of rotatable bonds is 6. The highest BCUT2D eigenvalue weighted by atomic mass is 16.1. The first-order chi connectivity index (χ1) is 23.2. The first-order valence-electron chi connectivity index (χ1n) is 16.2. The van der Waals surface area contributed by atoms with Gasteiger partial charge in [-0.2, -0.15) is 0 Å². The number of carbonyl (C=O) groups excluding carboxylic acids is 1. The molecule has 1 aliphatic carbocycles. The van der Waals surface area contributed by atoms with Gasteiger partial charge in [0.1, 0.15) is 6.29 Å². The fraction of sp³-hybridized carbons (Fsp3) is 0.0444. The molecule has 1 aromatic heterocycles. The number of benzene rings is 7. The zero-order valence-corrected chi connectivity index (χ0v) is 25.9. The molecule has 0 saturated heterocycles. The van der Waals surface area contributed by atoms with Crippen LogP contribution in [0.2, 0.25) is 0 Å². The standard InChI is InChI=1S/C45H31NO/c47-29-32-16-21-45-43(25-32)40-14-4-5-15-44(40)46(45)39-20-19-38-26-37-18-17-36(27-41(37)42(38)28-39)35-13-7-9-31(24-35)22-30-8-6-12-34(23-30)33-10-2-1-3-11-33/h1-21,23-25,27-29H,22,26H2. The molecule has 1 heterocycles. The lowest BCUT2D eigenvalue weighted by molar-refractivity contribution is 0.112. The summed E-state index contributed by atoms with van der Waals surface area (Å²) in [6.07, 6.45) is 2.76. The van der Waals surface area contributed by atoms with Crippen molar-refractivity contribution in [2.24, 2.45) is 0 Å². The van der Waals surface area contributed by atoms with Crippen LogP contribution in [0.3, 0.4) is 0 Å². The van der Waals surface area contributed by atoms with E-state index in [1.54, 1.807) is 0 Å². The van der Waals surface area contributed by atoms with Gasteiger partial charge >= 0.3 is 0 Å². The summed E-state index contributed by atoms with van der Waals surface area (Å²) in [5.74, 6) is 0. The zero-order valence-electron chi connectivity index (χ0n) is 25.9. The lowest BCUT2D eigenvalue weighted by Gasteiger charge is -2.12. The molecule has 222 valence electrons. The van der Waals surface area contributed by atoms with Crippen LogP contribution in [0.25, 0.3) is 60.9 Å². The Morgan fingerprint density at radius 1 is 0.489 bits per heavy atom. The maximum Gasteiger partial charge on any atom is 0.150 e. The average molecular weight is 602 g/mol. The Kier molecular flexibility index (Phi) is 6.46. The number of hydrogen-bond donors (Lipinski definition) is 0. The van der Waals surface area contributed by atoms with E-state index >= 15 is 0 Å². The Labute approximate surface area is 274 Å². The maximum atomic E-state index is 11.6. The highest BCUT2D eigenvalue weighted by Gasteiger charge is 2.21. The Morgan fingerprint density at radius 3 is 1.91 bits per heavy atom. The van der Waals surface area contributed by atoms with E-state index in [-0.39, 0.29) is 0 Å². The van der Waals surface area contributed by atoms with Gasteiger partial charge in [-0.3, -0.25) is 4.79 Å². The van der Waals surface area contributed by atoms with Crippen LogP contribution in [0.1, 0.15) is 32.6 Å². The molecule has 47 heavy (non-hydrogen) atoms. The van der Waals surface area contributed by atoms with E-state index in [0.717, 1.165) is 46.6 Å². The normalized spacial score (nSPS) is 11.9. The Morgan fingerprint density at radius 2 is 1.13 bits per heavy atom. The summed E-state index contributed by atoms with van der Waals surface area (Å²) >= 11 is 0. The molecule has 9 rings (SSSR count). The van der Waals surface area contributed by atoms with Crippen molar-refractivity contribution < 1.29 is 4.79 Å². The summed E-state index contributed by atoms with van der Waals surface area (Å²) in [6.45, 7) is 0. The van der Waals surface area contributed by atoms with Crippen LogP contribution < -0.4 is 0 Å². The van der Waals surface area contributed by atoms with Gasteiger partial charge in [-0.1, -0.05) is 115 Å². The maximum absolute atomic E-state index is 11.6. The smallest absolute Gasteiger partial charge is 0.150 e. The third kappa shape index (κ3) is 4.78. The van der Waals surface area contributed by atoms with E-state index in [1.165, 1.54) is 55.6 Å². The predicted molar refractivity (Wildman–Crippen MR) is 195 cm³/mol. The first-order valence-corrected chi connectivity index (χ1v) is 16.2. The van der Waals surface area contributed by atoms with Gasteiger partial charge in [-0.25, -0.2) is 0 Å². The Bertz CT molecular complexity index is 2480. The molecule has 0 bridgehead atoms. The monoisotopic (exact) mass is 601 g/mol. The second-order valence-corrected chi connectivity index (χ2v) is 12.6. The van der Waals surface area contributed by atoms with Gasteiger partial charge in [0.05, 0.1) is 11.0 Å². The van der Waals surface area contributed by atoms with Crippen molar-refractivity contribution in [2.75, 3.05) is 0 Å². The van der Waals surface area contributed by atoms with Crippen molar-refractivity contribution in [3.05, 3.63) is 186 Å². The molecular weight excluding hydrogens is 571 g/mol. The number of aldehydes is 1. The van der Waals surface area contributed by atoms with Crippen LogP contribution in [0, 0.1) is 0 Å². The van der Waals surface area contributed by atoms with Gasteiger partial charge in [-0.15, -0.1) is 0 Å². The Hall–Kier alpha value is -5.99. The second-order valence-electron chi connectivity index (χ2n) is 12.6. The lowest BCUT2D eigenvalue weighted by Crippen LogP contribution is -1.95. The van der Waals surface area contributed by atoms with Gasteiger partial charge in [0.2, 0.25) is 0 Å². The number of aromatic nitrogens is 1. The highest BCUT2D eigenvalue weighted by molar-refractivity contribution is 6.10. The molecule has 1 aliphatic rings. The first kappa shape index (κ1) is 27.3. The minimum absolute atomic E-state index is 0.695. The number of hydrogen-bond acceptors (Lipinski definition) is 1. The van der Waals surface area contributed by atoms with Crippen LogP contribution in [0.5, 0.6) is 0 Å². The van der Waals surface area contributed by atoms with Crippen molar-refractivity contribution in [3.8, 4) is 39.1 Å². The van der Waals surface area contributed by atoms with Crippen LogP contribution >= 0.6 is 0 Å². The molecule has 2 nitrogen and oxygen atoms in total. The molecule has 0 fully saturated rings. The molecule has 2 heteroatoms. The van der Waals surface area contributed by atoms with E-state index in [2.05, 4.69) is 150 Å². The van der Waals surface area contributed by atoms with Crippen LogP contribution in [-0.2, 0) is 12.8 Å². The molecule has 7 aromatic carbocycles. The van der Waals surface area contributed by atoms with Crippen LogP contribution in [0.15, 0.2) is 158 Å². The van der Waals surface area contributed by atoms with Gasteiger partial charge in [0, 0.05) is 22.0 Å². The fourth-order valence-corrected chi connectivity index (χ4v) is 7.40. The molecule has 8 aromatic rings. The molecule has 0 atom stereocenters. The van der Waals surface area contributed by atoms with Crippen molar-refractivity contribution >= 4 is 28.1 Å². The van der Waals surface area contributed by atoms with E-state index in [0.29, 0.717) is 5.56 Å². The number of carbonyl (C=O) groups is 1. The molecule has 0 radical (unpaired) electrons. The molecular formula is C45H31NO. The second kappa shape index (κ2) is 11.1. The molecule has 0 saturated carbocycles. The summed E-state index contributed by atoms with van der Waals surface area (Å²) < 4.78 is 2.33. The molecule has 0 amide bonds. The van der Waals surface area contributed by atoms with E-state index in [4.69, 9.17) is 0 Å². The summed E-state index contributed by atoms with van der Waals surface area (Å²) in [5, 5.41) is 2.25. The van der Waals surface area contributed by atoms with Gasteiger partial charge < -0.3 is 4.57 Å². The topological polar surface area (TPSA) is 22.0 Å². The van der Waals surface area contributed by atoms with Gasteiger partial charge in [0.25, 0.3) is 0 Å². The van der Waals surface area contributed by atoms with Gasteiger partial charge in [-0.05, 0) is 111 Å². The van der Waals surface area contributed by atoms with Crippen LogP contribution in [0.4, 0.5) is 0 Å². The SMILES string of the molecule is O=Cc1ccc2c(c1)c1ccccc1n2-c1ccc2c(c1)-c1cc(-c3cccc(Cc4cccc(-c5ccccc5)c4)c3)ccc1C2. The molecule has 0 N–H and O–H groups in total. The number of para-hydroxylation sites is 1. The van der Waals surface area contributed by atoms with Crippen molar-refractivity contribution in [1.82, 2.24) is 4.57 Å². The minimum atomic E-state index is 0.695. The van der Waals surface area contributed by atoms with Crippen molar-refractivity contribution in [2.45, 2.75) is 12.8 Å². The van der Waals surface area contributed by atoms with Crippen LogP contribution in [-0.4, -0.2) is 10.9 Å². The molecule has 0 unspecified atom stereocenters. The van der Waals surface area contributed by atoms with Crippen molar-refractivity contribution in [1.29, 1.82) is 0 Å². The van der Waals surface area contributed by atoms with E-state index < -0.39 is 0 Å². The molecule has 0 aliphatic heterocycles. The van der Waals surface area contributed by atoms with Gasteiger partial charge in [0.15, 0.2) is 0 Å². The lowest BCUT2D eigenvalue weighted by atomic mass is 9.95. The summed E-state index contributed by atoms with van der Waals surface area (Å²) in [5.41, 5.74) is 17.0. The minimum Gasteiger partial charge on any atom is -0.309 e. The Balaban J connectivity index is 1.07. The number of nitrogens with zero attached hydrogens (tertiary/aromatic N) is 1. The van der Waals surface area contributed by atoms with E-state index in [1.807, 2.05) is 12.1 Å². The third-order valence-electron chi connectivity index (χ3n) is 9.67. The summed E-state index contributed by atoms with van der Waals surface area (Å²) in [4.78, 5) is 11.6. The number of fused-ring (bicyclic) bond motifs is 6. The quantitative estimate of drug-likeness (QED) is 0.174. The third-order valence-corrected chi connectivity index (χ3v) is 9.67. The van der Waals surface area contributed by atoms with Crippen molar-refractivity contribution in [3.63, 3.8) is 0 Å². The fourth-order valence-electron chi connectivity index (χ4n) is 7.40. The highest BCUT2D eigenvalue weighted by Crippen LogP contribution is 2.41. The zero-order chi connectivity index (χ0) is 31.3.